The van der Waals surface area contributed by atoms with E-state index in [4.69, 9.17) is 0 Å². The maximum atomic E-state index is 12.3. The number of benzene rings is 2. The van der Waals surface area contributed by atoms with E-state index in [1.54, 1.807) is 0 Å². The highest BCUT2D eigenvalue weighted by molar-refractivity contribution is 8.15. The molecule has 1 heterocycles. The molecule has 1 saturated heterocycles. The Balaban J connectivity index is 1.64. The van der Waals surface area contributed by atoms with Gasteiger partial charge in [-0.25, -0.2) is 4.99 Å². The molecule has 2 amide bonds. The third kappa shape index (κ3) is 4.28. The summed E-state index contributed by atoms with van der Waals surface area (Å²) in [5.41, 5.74) is 3.59. The van der Waals surface area contributed by atoms with Gasteiger partial charge in [0.25, 0.3) is 0 Å². The molecule has 0 saturated carbocycles. The van der Waals surface area contributed by atoms with Gasteiger partial charge in [-0.15, -0.1) is 0 Å². The molecule has 5 nitrogen and oxygen atoms in total. The first-order chi connectivity index (χ1) is 12.0. The number of amidine groups is 1. The molecule has 25 heavy (non-hydrogen) atoms. The SMILES string of the molecule is Cc1cccc(C)c1NC(=O)C[C@@H]1SC(=Nc2ccccc2)NC1=O. The minimum absolute atomic E-state index is 0.109. The Kier molecular flexibility index (Phi) is 5.19. The highest BCUT2D eigenvalue weighted by Crippen LogP contribution is 2.26. The third-order valence-electron chi connectivity index (χ3n) is 3.88. The topological polar surface area (TPSA) is 70.6 Å². The van der Waals surface area contributed by atoms with Gasteiger partial charge in [-0.05, 0) is 37.1 Å². The summed E-state index contributed by atoms with van der Waals surface area (Å²) in [7, 11) is 0. The summed E-state index contributed by atoms with van der Waals surface area (Å²) in [6.45, 7) is 3.90. The molecule has 1 atom stereocenters. The number of aliphatic imine (C=N–C) groups is 1. The van der Waals surface area contributed by atoms with Crippen LogP contribution in [0.1, 0.15) is 17.5 Å². The Morgan fingerprint density at radius 1 is 1.12 bits per heavy atom. The van der Waals surface area contributed by atoms with Crippen molar-refractivity contribution in [2.75, 3.05) is 5.32 Å². The van der Waals surface area contributed by atoms with E-state index < -0.39 is 5.25 Å². The summed E-state index contributed by atoms with van der Waals surface area (Å²) in [5, 5.41) is 5.72. The normalized spacial score (nSPS) is 18.2. The number of hydrogen-bond donors (Lipinski definition) is 2. The zero-order chi connectivity index (χ0) is 17.8. The van der Waals surface area contributed by atoms with Gasteiger partial charge in [-0.2, -0.15) is 0 Å². The number of thioether (sulfide) groups is 1. The van der Waals surface area contributed by atoms with Crippen molar-refractivity contribution in [3.63, 3.8) is 0 Å². The van der Waals surface area contributed by atoms with E-state index in [9.17, 15) is 9.59 Å². The molecule has 0 unspecified atom stereocenters. The van der Waals surface area contributed by atoms with Crippen LogP contribution in [0.3, 0.4) is 0 Å². The van der Waals surface area contributed by atoms with Crippen LogP contribution in [0.2, 0.25) is 0 Å². The number of anilines is 1. The van der Waals surface area contributed by atoms with Gasteiger partial charge in [0.1, 0.15) is 5.25 Å². The molecule has 0 bridgehead atoms. The molecular formula is C19H19N3O2S. The lowest BCUT2D eigenvalue weighted by Crippen LogP contribution is -2.28. The quantitative estimate of drug-likeness (QED) is 0.883. The summed E-state index contributed by atoms with van der Waals surface area (Å²) < 4.78 is 0. The fraction of sp³-hybridized carbons (Fsp3) is 0.211. The maximum absolute atomic E-state index is 12.3. The smallest absolute Gasteiger partial charge is 0.240 e. The molecule has 1 fully saturated rings. The molecule has 0 spiro atoms. The van der Waals surface area contributed by atoms with E-state index in [1.807, 2.05) is 62.4 Å². The first-order valence-corrected chi connectivity index (χ1v) is 8.88. The van der Waals surface area contributed by atoms with Crippen molar-refractivity contribution in [1.82, 2.24) is 5.32 Å². The molecule has 1 aliphatic rings. The van der Waals surface area contributed by atoms with Crippen LogP contribution in [0, 0.1) is 13.8 Å². The zero-order valence-electron chi connectivity index (χ0n) is 14.1. The molecule has 6 heteroatoms. The highest BCUT2D eigenvalue weighted by Gasteiger charge is 2.32. The van der Waals surface area contributed by atoms with E-state index in [1.165, 1.54) is 11.8 Å². The standard InChI is InChI=1S/C19H19N3O2S/c1-12-7-6-8-13(2)17(12)21-16(23)11-15-18(24)22-19(25-15)20-14-9-4-3-5-10-14/h3-10,15H,11H2,1-2H3,(H,21,23)(H,20,22,24)/t15-/m0/s1. The average Bonchev–Trinajstić information content (AvgIpc) is 2.91. The second kappa shape index (κ2) is 7.53. The zero-order valence-corrected chi connectivity index (χ0v) is 14.9. The number of amides is 2. The summed E-state index contributed by atoms with van der Waals surface area (Å²) in [6.07, 6.45) is 0.109. The molecule has 128 valence electrons. The lowest BCUT2D eigenvalue weighted by atomic mass is 10.1. The number of rotatable bonds is 4. The van der Waals surface area contributed by atoms with Gasteiger partial charge in [0.05, 0.1) is 5.69 Å². The predicted octanol–water partition coefficient (Wildman–Crippen LogP) is 3.55. The molecule has 0 aliphatic carbocycles. The number of carbonyl (C=O) groups excluding carboxylic acids is 2. The summed E-state index contributed by atoms with van der Waals surface area (Å²) >= 11 is 1.29. The average molecular weight is 353 g/mol. The van der Waals surface area contributed by atoms with Gasteiger partial charge < -0.3 is 10.6 Å². The van der Waals surface area contributed by atoms with Crippen molar-refractivity contribution in [2.24, 2.45) is 4.99 Å². The van der Waals surface area contributed by atoms with Crippen molar-refractivity contribution in [3.05, 3.63) is 59.7 Å². The Labute approximate surface area is 150 Å². The number of nitrogens with one attached hydrogen (secondary N) is 2. The lowest BCUT2D eigenvalue weighted by molar-refractivity contribution is -0.122. The number of para-hydroxylation sites is 2. The lowest BCUT2D eigenvalue weighted by Gasteiger charge is -2.12. The van der Waals surface area contributed by atoms with E-state index in [0.717, 1.165) is 22.5 Å². The summed E-state index contributed by atoms with van der Waals surface area (Å²) in [5.74, 6) is -0.359. The largest absolute Gasteiger partial charge is 0.326 e. The minimum Gasteiger partial charge on any atom is -0.326 e. The Hall–Kier alpha value is -2.60. The fourth-order valence-corrected chi connectivity index (χ4v) is 3.57. The van der Waals surface area contributed by atoms with Gasteiger partial charge in [0.15, 0.2) is 5.17 Å². The second-order valence-corrected chi connectivity index (χ2v) is 7.06. The van der Waals surface area contributed by atoms with Crippen LogP contribution < -0.4 is 10.6 Å². The molecule has 2 aromatic rings. The van der Waals surface area contributed by atoms with Crippen LogP contribution in [0.5, 0.6) is 0 Å². The molecule has 0 aromatic heterocycles. The Morgan fingerprint density at radius 2 is 1.80 bits per heavy atom. The number of carbonyl (C=O) groups is 2. The van der Waals surface area contributed by atoms with Gasteiger partial charge in [0.2, 0.25) is 11.8 Å². The Bertz CT molecular complexity index is 814. The van der Waals surface area contributed by atoms with Crippen molar-refractivity contribution in [2.45, 2.75) is 25.5 Å². The second-order valence-electron chi connectivity index (χ2n) is 5.87. The molecular weight excluding hydrogens is 334 g/mol. The fourth-order valence-electron chi connectivity index (χ4n) is 2.58. The molecule has 0 radical (unpaired) electrons. The first kappa shape index (κ1) is 17.2. The predicted molar refractivity (Wildman–Crippen MR) is 102 cm³/mol. The van der Waals surface area contributed by atoms with Gasteiger partial charge >= 0.3 is 0 Å². The van der Waals surface area contributed by atoms with E-state index >= 15 is 0 Å². The van der Waals surface area contributed by atoms with Crippen molar-refractivity contribution >= 4 is 40.1 Å². The van der Waals surface area contributed by atoms with Crippen LogP contribution in [0.4, 0.5) is 11.4 Å². The van der Waals surface area contributed by atoms with Crippen molar-refractivity contribution in [3.8, 4) is 0 Å². The van der Waals surface area contributed by atoms with E-state index in [-0.39, 0.29) is 18.2 Å². The monoisotopic (exact) mass is 353 g/mol. The van der Waals surface area contributed by atoms with Crippen LogP contribution in [0.15, 0.2) is 53.5 Å². The first-order valence-electron chi connectivity index (χ1n) is 8.00. The molecule has 3 rings (SSSR count). The van der Waals surface area contributed by atoms with E-state index in [2.05, 4.69) is 15.6 Å². The third-order valence-corrected chi connectivity index (χ3v) is 4.96. The number of nitrogens with zero attached hydrogens (tertiary/aromatic N) is 1. The number of hydrogen-bond acceptors (Lipinski definition) is 4. The van der Waals surface area contributed by atoms with E-state index in [0.29, 0.717) is 5.17 Å². The van der Waals surface area contributed by atoms with Crippen molar-refractivity contribution < 1.29 is 9.59 Å². The van der Waals surface area contributed by atoms with Crippen LogP contribution in [-0.2, 0) is 9.59 Å². The number of aryl methyl sites for hydroxylation is 2. The Morgan fingerprint density at radius 3 is 2.48 bits per heavy atom. The van der Waals surface area contributed by atoms with Gasteiger partial charge in [0, 0.05) is 12.1 Å². The summed E-state index contributed by atoms with van der Waals surface area (Å²) in [4.78, 5) is 28.8. The van der Waals surface area contributed by atoms with Crippen molar-refractivity contribution in [1.29, 1.82) is 0 Å². The van der Waals surface area contributed by atoms with Gasteiger partial charge in [-0.1, -0.05) is 48.2 Å². The highest BCUT2D eigenvalue weighted by atomic mass is 32.2. The van der Waals surface area contributed by atoms with Crippen LogP contribution >= 0.6 is 11.8 Å². The minimum atomic E-state index is -0.466. The summed E-state index contributed by atoms with van der Waals surface area (Å²) in [6, 6.07) is 15.3. The van der Waals surface area contributed by atoms with Gasteiger partial charge in [-0.3, -0.25) is 9.59 Å². The van der Waals surface area contributed by atoms with Crippen LogP contribution in [0.25, 0.3) is 0 Å². The maximum Gasteiger partial charge on any atom is 0.240 e. The molecule has 2 N–H and O–H groups in total. The van der Waals surface area contributed by atoms with Crippen LogP contribution in [-0.4, -0.2) is 22.2 Å². The molecule has 2 aromatic carbocycles. The molecule has 1 aliphatic heterocycles.